The summed E-state index contributed by atoms with van der Waals surface area (Å²) < 4.78 is 49.1. The Morgan fingerprint density at radius 3 is 2.63 bits per heavy atom. The first-order valence-electron chi connectivity index (χ1n) is 12.7. The zero-order valence-corrected chi connectivity index (χ0v) is 19.6. The average Bonchev–Trinajstić information content (AvgIpc) is 3.25. The van der Waals surface area contributed by atoms with E-state index in [-0.39, 0.29) is 24.4 Å². The Kier molecular flexibility index (Phi) is 4.64. The van der Waals surface area contributed by atoms with Gasteiger partial charge in [-0.2, -0.15) is 18.3 Å². The lowest BCUT2D eigenvalue weighted by molar-refractivity contribution is -0.180. The minimum absolute atomic E-state index is 0.0653. The van der Waals surface area contributed by atoms with Gasteiger partial charge in [0.2, 0.25) is 0 Å². The molecule has 35 heavy (non-hydrogen) atoms. The van der Waals surface area contributed by atoms with E-state index in [4.69, 9.17) is 14.7 Å². The molecule has 0 aromatic carbocycles. The van der Waals surface area contributed by atoms with Gasteiger partial charge in [0, 0.05) is 40.8 Å². The van der Waals surface area contributed by atoms with Gasteiger partial charge in [0.1, 0.15) is 5.82 Å². The summed E-state index contributed by atoms with van der Waals surface area (Å²) in [5.41, 5.74) is 2.77. The van der Waals surface area contributed by atoms with Crippen molar-refractivity contribution in [2.75, 3.05) is 6.61 Å². The van der Waals surface area contributed by atoms with Crippen LogP contribution in [0.15, 0.2) is 24.5 Å². The van der Waals surface area contributed by atoms with Crippen LogP contribution in [0.5, 0.6) is 0 Å². The third-order valence-corrected chi connectivity index (χ3v) is 8.69. The second-order valence-corrected chi connectivity index (χ2v) is 11.1. The van der Waals surface area contributed by atoms with Crippen molar-refractivity contribution in [2.24, 2.45) is 11.8 Å². The molecule has 3 aromatic rings. The van der Waals surface area contributed by atoms with E-state index in [0.29, 0.717) is 37.0 Å². The van der Waals surface area contributed by atoms with E-state index in [1.165, 1.54) is 12.8 Å². The first kappa shape index (κ1) is 21.7. The smallest absolute Gasteiger partial charge is 0.373 e. The molecule has 4 saturated carbocycles. The van der Waals surface area contributed by atoms with Crippen molar-refractivity contribution in [3.63, 3.8) is 0 Å². The van der Waals surface area contributed by atoms with Crippen LogP contribution in [0.25, 0.3) is 11.0 Å². The molecule has 4 heterocycles. The van der Waals surface area contributed by atoms with Crippen molar-refractivity contribution < 1.29 is 17.9 Å². The van der Waals surface area contributed by atoms with Crippen molar-refractivity contribution >= 4 is 11.0 Å². The molecular weight excluding hydrogens is 455 g/mol. The van der Waals surface area contributed by atoms with Gasteiger partial charge in [-0.1, -0.05) is 0 Å². The molecule has 0 N–H and O–H groups in total. The first-order chi connectivity index (χ1) is 16.8. The molecule has 0 amide bonds. The zero-order chi connectivity index (χ0) is 23.9. The SMILES string of the molecule is Cc1ccc2c(C34CC(C3)C(C(F)(F)F)C4)nc([C@H]3CCO[C@@H](c4cnn(C5CC5)c4)C3)nc2n1. The lowest BCUT2D eigenvalue weighted by Gasteiger charge is -2.39. The van der Waals surface area contributed by atoms with E-state index < -0.39 is 17.5 Å². The van der Waals surface area contributed by atoms with Crippen LogP contribution in [0.3, 0.4) is 0 Å². The van der Waals surface area contributed by atoms with Crippen LogP contribution in [0.4, 0.5) is 13.2 Å². The molecule has 0 radical (unpaired) electrons. The Bertz CT molecular complexity index is 1290. The van der Waals surface area contributed by atoms with Gasteiger partial charge in [0.15, 0.2) is 5.65 Å². The molecule has 2 bridgehead atoms. The largest absolute Gasteiger partial charge is 0.392 e. The lowest BCUT2D eigenvalue weighted by Crippen LogP contribution is -2.35. The summed E-state index contributed by atoms with van der Waals surface area (Å²) in [6.45, 7) is 2.50. The van der Waals surface area contributed by atoms with Crippen molar-refractivity contribution in [3.8, 4) is 0 Å². The van der Waals surface area contributed by atoms with Crippen molar-refractivity contribution in [1.82, 2.24) is 24.7 Å². The number of nitrogens with zero attached hydrogens (tertiary/aromatic N) is 5. The predicted octanol–water partition coefficient (Wildman–Crippen LogP) is 5.73. The molecule has 6 nitrogen and oxygen atoms in total. The van der Waals surface area contributed by atoms with Crippen molar-refractivity contribution in [1.29, 1.82) is 0 Å². The quantitative estimate of drug-likeness (QED) is 0.474. The van der Waals surface area contributed by atoms with Gasteiger partial charge in [-0.15, -0.1) is 0 Å². The Balaban J connectivity index is 1.24. The number of hydrogen-bond acceptors (Lipinski definition) is 5. The highest BCUT2D eigenvalue weighted by atomic mass is 19.4. The molecule has 0 spiro atoms. The fourth-order valence-corrected chi connectivity index (χ4v) is 6.69. The topological polar surface area (TPSA) is 65.7 Å². The van der Waals surface area contributed by atoms with E-state index in [9.17, 15) is 13.2 Å². The van der Waals surface area contributed by atoms with Gasteiger partial charge >= 0.3 is 6.18 Å². The molecule has 184 valence electrons. The number of halogens is 3. The van der Waals surface area contributed by atoms with Crippen molar-refractivity contribution in [3.05, 3.63) is 47.3 Å². The van der Waals surface area contributed by atoms with Crippen LogP contribution in [0, 0.1) is 18.8 Å². The standard InChI is InChI=1S/C26H28F3N5O/c1-14-2-5-19-22(25-9-16(10-25)20(11-25)26(27,28)29)32-23(33-24(19)31-14)15-6-7-35-21(8-15)17-12-30-34(13-17)18-3-4-18/h2,5,12-13,15-16,18,20-21H,3-4,6-11H2,1H3/t15-,16?,20?,21+,25?/m0/s1. The van der Waals surface area contributed by atoms with E-state index in [2.05, 4.69) is 16.3 Å². The maximum atomic E-state index is 13.7. The number of aryl methyl sites for hydroxylation is 1. The Morgan fingerprint density at radius 1 is 1.06 bits per heavy atom. The zero-order valence-electron chi connectivity index (χ0n) is 19.6. The molecule has 5 aliphatic rings. The fraction of sp³-hybridized carbons (Fsp3) is 0.615. The fourth-order valence-electron chi connectivity index (χ4n) is 6.69. The van der Waals surface area contributed by atoms with Crippen LogP contribution in [0.2, 0.25) is 0 Å². The van der Waals surface area contributed by atoms with E-state index >= 15 is 0 Å². The summed E-state index contributed by atoms with van der Waals surface area (Å²) in [5, 5.41) is 5.31. The molecule has 4 aliphatic carbocycles. The highest BCUT2D eigenvalue weighted by Crippen LogP contribution is 2.66. The number of rotatable bonds is 4. The van der Waals surface area contributed by atoms with Crippen LogP contribution in [0.1, 0.15) is 85.8 Å². The van der Waals surface area contributed by atoms with Gasteiger partial charge in [0.25, 0.3) is 0 Å². The van der Waals surface area contributed by atoms with Crippen molar-refractivity contribution in [2.45, 2.75) is 81.5 Å². The third kappa shape index (κ3) is 3.57. The van der Waals surface area contributed by atoms with Crippen LogP contribution < -0.4 is 0 Å². The van der Waals surface area contributed by atoms with Crippen LogP contribution in [-0.4, -0.2) is 37.5 Å². The van der Waals surface area contributed by atoms with Gasteiger partial charge in [0.05, 0.1) is 30.0 Å². The summed E-state index contributed by atoms with van der Waals surface area (Å²) in [4.78, 5) is 14.6. The van der Waals surface area contributed by atoms with Gasteiger partial charge in [-0.3, -0.25) is 4.68 Å². The minimum atomic E-state index is -4.15. The van der Waals surface area contributed by atoms with E-state index in [0.717, 1.165) is 35.2 Å². The van der Waals surface area contributed by atoms with Gasteiger partial charge in [-0.05, 0) is 69.9 Å². The maximum Gasteiger partial charge on any atom is 0.392 e. The number of aromatic nitrogens is 5. The molecular formula is C26H28F3N5O. The number of hydrogen-bond donors (Lipinski definition) is 0. The Hall–Kier alpha value is -2.55. The Morgan fingerprint density at radius 2 is 1.89 bits per heavy atom. The van der Waals surface area contributed by atoms with Crippen LogP contribution >= 0.6 is 0 Å². The monoisotopic (exact) mass is 483 g/mol. The molecule has 3 atom stereocenters. The molecule has 1 saturated heterocycles. The van der Waals surface area contributed by atoms with Gasteiger partial charge < -0.3 is 4.74 Å². The first-order valence-corrected chi connectivity index (χ1v) is 12.7. The van der Waals surface area contributed by atoms with E-state index in [1.54, 1.807) is 0 Å². The Labute approximate surface area is 201 Å². The predicted molar refractivity (Wildman–Crippen MR) is 122 cm³/mol. The number of pyridine rings is 1. The van der Waals surface area contributed by atoms with Gasteiger partial charge in [-0.25, -0.2) is 15.0 Å². The summed E-state index contributed by atoms with van der Waals surface area (Å²) >= 11 is 0. The highest BCUT2D eigenvalue weighted by molar-refractivity contribution is 5.79. The molecule has 3 aromatic heterocycles. The third-order valence-electron chi connectivity index (χ3n) is 8.69. The second-order valence-electron chi connectivity index (χ2n) is 11.1. The number of fused-ring (bicyclic) bond motifs is 2. The average molecular weight is 484 g/mol. The molecule has 8 rings (SSSR count). The number of ether oxygens (including phenoxy) is 1. The normalized spacial score (nSPS) is 32.7. The summed E-state index contributed by atoms with van der Waals surface area (Å²) in [6, 6.07) is 4.36. The maximum absolute atomic E-state index is 13.7. The minimum Gasteiger partial charge on any atom is -0.373 e. The molecule has 5 fully saturated rings. The molecule has 1 aliphatic heterocycles. The second kappa shape index (κ2) is 7.48. The molecule has 1 unspecified atom stereocenters. The molecule has 9 heteroatoms. The summed E-state index contributed by atoms with van der Waals surface area (Å²) in [5.74, 6) is -0.764. The van der Waals surface area contributed by atoms with Crippen LogP contribution in [-0.2, 0) is 10.2 Å². The summed E-state index contributed by atoms with van der Waals surface area (Å²) in [7, 11) is 0. The van der Waals surface area contributed by atoms with E-state index in [1.807, 2.05) is 29.9 Å². The summed E-state index contributed by atoms with van der Waals surface area (Å²) in [6.07, 6.45) is 4.83. The lowest BCUT2D eigenvalue weighted by atomic mass is 9.66. The highest BCUT2D eigenvalue weighted by Gasteiger charge is 2.65. The number of alkyl halides is 3.